The van der Waals surface area contributed by atoms with Crippen molar-refractivity contribution in [2.75, 3.05) is 19.6 Å². The zero-order valence-electron chi connectivity index (χ0n) is 11.4. The molecule has 3 heteroatoms. The zero-order valence-corrected chi connectivity index (χ0v) is 11.4. The van der Waals surface area contributed by atoms with Crippen LogP contribution in [0, 0.1) is 0 Å². The molecule has 0 aliphatic carbocycles. The van der Waals surface area contributed by atoms with Gasteiger partial charge < -0.3 is 10.2 Å². The van der Waals surface area contributed by atoms with E-state index in [4.69, 9.17) is 0 Å². The van der Waals surface area contributed by atoms with Crippen LogP contribution in [0.5, 0.6) is 0 Å². The fraction of sp³-hybridized carbons (Fsp3) is 0.533. The molecule has 0 spiro atoms. The van der Waals surface area contributed by atoms with Crippen molar-refractivity contribution >= 4 is 5.91 Å². The Bertz CT molecular complexity index is 407. The Morgan fingerprint density at radius 3 is 2.33 bits per heavy atom. The summed E-state index contributed by atoms with van der Waals surface area (Å²) in [5, 5.41) is 3.21. The van der Waals surface area contributed by atoms with Crippen molar-refractivity contribution < 1.29 is 4.79 Å². The van der Waals surface area contributed by atoms with E-state index in [1.54, 1.807) is 0 Å². The van der Waals surface area contributed by atoms with Crippen LogP contribution in [0.1, 0.15) is 42.6 Å². The smallest absolute Gasteiger partial charge is 0.254 e. The van der Waals surface area contributed by atoms with Gasteiger partial charge in [0.1, 0.15) is 0 Å². The summed E-state index contributed by atoms with van der Waals surface area (Å²) in [6, 6.07) is 8.39. The molecule has 0 atom stereocenters. The topological polar surface area (TPSA) is 32.3 Å². The van der Waals surface area contributed by atoms with E-state index in [1.165, 1.54) is 5.56 Å². The van der Waals surface area contributed by atoms with E-state index in [0.717, 1.165) is 25.2 Å². The predicted octanol–water partition coefficient (Wildman–Crippen LogP) is 2.24. The second-order valence-electron chi connectivity index (χ2n) is 5.18. The first-order chi connectivity index (χ1) is 8.63. The van der Waals surface area contributed by atoms with Crippen LogP contribution < -0.4 is 5.32 Å². The van der Waals surface area contributed by atoms with Crippen LogP contribution in [-0.4, -0.2) is 36.5 Å². The highest BCUT2D eigenvalue weighted by Gasteiger charge is 2.27. The molecule has 1 aliphatic rings. The minimum Gasteiger partial charge on any atom is -0.333 e. The first-order valence-corrected chi connectivity index (χ1v) is 6.75. The van der Waals surface area contributed by atoms with Gasteiger partial charge in [-0.1, -0.05) is 26.0 Å². The number of hydrogen-bond donors (Lipinski definition) is 1. The average Bonchev–Trinajstić information content (AvgIpc) is 2.32. The first-order valence-electron chi connectivity index (χ1n) is 6.75. The number of hydrogen-bond acceptors (Lipinski definition) is 2. The Morgan fingerprint density at radius 2 is 1.94 bits per heavy atom. The molecule has 1 aliphatic heterocycles. The Labute approximate surface area is 109 Å². The highest BCUT2D eigenvalue weighted by Crippen LogP contribution is 2.17. The second kappa shape index (κ2) is 5.53. The minimum atomic E-state index is 0.152. The van der Waals surface area contributed by atoms with Crippen molar-refractivity contribution in [3.05, 3.63) is 35.4 Å². The van der Waals surface area contributed by atoms with Gasteiger partial charge in [0.05, 0.1) is 6.04 Å². The van der Waals surface area contributed by atoms with E-state index in [-0.39, 0.29) is 5.91 Å². The van der Waals surface area contributed by atoms with Crippen molar-refractivity contribution in [1.82, 2.24) is 10.2 Å². The molecule has 1 heterocycles. The third kappa shape index (κ3) is 2.56. The van der Waals surface area contributed by atoms with Crippen molar-refractivity contribution in [1.29, 1.82) is 0 Å². The lowest BCUT2D eigenvalue weighted by molar-refractivity contribution is 0.0630. The Balaban J connectivity index is 2.11. The van der Waals surface area contributed by atoms with Crippen molar-refractivity contribution in [2.24, 2.45) is 0 Å². The van der Waals surface area contributed by atoms with E-state index >= 15 is 0 Å². The summed E-state index contributed by atoms with van der Waals surface area (Å²) in [7, 11) is 0. The van der Waals surface area contributed by atoms with E-state index in [2.05, 4.69) is 31.3 Å². The van der Waals surface area contributed by atoms with Gasteiger partial charge in [-0.2, -0.15) is 0 Å². The molecule has 1 N–H and O–H groups in total. The molecule has 0 radical (unpaired) electrons. The zero-order chi connectivity index (χ0) is 13.1. The molecule has 2 rings (SSSR count). The molecular weight excluding hydrogens is 224 g/mol. The maximum absolute atomic E-state index is 12.4. The summed E-state index contributed by atoms with van der Waals surface area (Å²) in [5.74, 6) is 0.659. The third-order valence-corrected chi connectivity index (χ3v) is 3.63. The number of amides is 1. The standard InChI is InChI=1S/C15H22N2O/c1-4-17(14-9-16-10-14)15(18)13-7-5-12(6-8-13)11(2)3/h5-8,11,14,16H,4,9-10H2,1-3H3. The van der Waals surface area contributed by atoms with Crippen molar-refractivity contribution in [2.45, 2.75) is 32.7 Å². The van der Waals surface area contributed by atoms with Crippen LogP contribution in [0.2, 0.25) is 0 Å². The summed E-state index contributed by atoms with van der Waals surface area (Å²) in [6.07, 6.45) is 0. The SMILES string of the molecule is CCN(C(=O)c1ccc(C(C)C)cc1)C1CNC1. The number of carbonyl (C=O) groups is 1. The van der Waals surface area contributed by atoms with Crippen LogP contribution in [0.15, 0.2) is 24.3 Å². The van der Waals surface area contributed by atoms with E-state index < -0.39 is 0 Å². The summed E-state index contributed by atoms with van der Waals surface area (Å²) in [5.41, 5.74) is 2.08. The quantitative estimate of drug-likeness (QED) is 0.883. The molecule has 1 saturated heterocycles. The number of likely N-dealkylation sites (N-methyl/N-ethyl adjacent to an activating group) is 1. The van der Waals surface area contributed by atoms with Gasteiger partial charge in [0.25, 0.3) is 5.91 Å². The molecule has 98 valence electrons. The van der Waals surface area contributed by atoms with Gasteiger partial charge in [-0.3, -0.25) is 4.79 Å². The maximum atomic E-state index is 12.4. The molecule has 1 aromatic rings. The van der Waals surface area contributed by atoms with Gasteiger partial charge in [0.2, 0.25) is 0 Å². The summed E-state index contributed by atoms with van der Waals surface area (Å²) in [4.78, 5) is 14.3. The van der Waals surface area contributed by atoms with E-state index in [1.807, 2.05) is 24.0 Å². The van der Waals surface area contributed by atoms with Gasteiger partial charge in [-0.15, -0.1) is 0 Å². The highest BCUT2D eigenvalue weighted by molar-refractivity contribution is 5.94. The van der Waals surface area contributed by atoms with Gasteiger partial charge in [0.15, 0.2) is 0 Å². The summed E-state index contributed by atoms with van der Waals surface area (Å²) >= 11 is 0. The second-order valence-corrected chi connectivity index (χ2v) is 5.18. The molecule has 0 saturated carbocycles. The fourth-order valence-electron chi connectivity index (χ4n) is 2.24. The van der Waals surface area contributed by atoms with E-state index in [0.29, 0.717) is 12.0 Å². The molecule has 3 nitrogen and oxygen atoms in total. The monoisotopic (exact) mass is 246 g/mol. The number of rotatable bonds is 4. The van der Waals surface area contributed by atoms with Crippen LogP contribution in [-0.2, 0) is 0 Å². The summed E-state index contributed by atoms with van der Waals surface area (Å²) < 4.78 is 0. The van der Waals surface area contributed by atoms with Gasteiger partial charge in [-0.25, -0.2) is 0 Å². The Morgan fingerprint density at radius 1 is 1.33 bits per heavy atom. The molecule has 0 unspecified atom stereocenters. The number of carbonyl (C=O) groups excluding carboxylic acids is 1. The molecule has 0 aromatic heterocycles. The normalized spacial score (nSPS) is 15.6. The highest BCUT2D eigenvalue weighted by atomic mass is 16.2. The summed E-state index contributed by atoms with van der Waals surface area (Å²) in [6.45, 7) is 8.98. The number of nitrogens with one attached hydrogen (secondary N) is 1. The Hall–Kier alpha value is -1.35. The van der Waals surface area contributed by atoms with Crippen LogP contribution >= 0.6 is 0 Å². The molecule has 18 heavy (non-hydrogen) atoms. The fourth-order valence-corrected chi connectivity index (χ4v) is 2.24. The van der Waals surface area contributed by atoms with Gasteiger partial charge in [0, 0.05) is 25.2 Å². The lowest BCUT2D eigenvalue weighted by Crippen LogP contribution is -2.58. The predicted molar refractivity (Wildman–Crippen MR) is 73.9 cm³/mol. The average molecular weight is 246 g/mol. The molecule has 0 bridgehead atoms. The largest absolute Gasteiger partial charge is 0.333 e. The molecule has 1 aromatic carbocycles. The van der Waals surface area contributed by atoms with Crippen LogP contribution in [0.3, 0.4) is 0 Å². The minimum absolute atomic E-state index is 0.152. The van der Waals surface area contributed by atoms with Crippen molar-refractivity contribution in [3.8, 4) is 0 Å². The molecule has 1 amide bonds. The lowest BCUT2D eigenvalue weighted by atomic mass is 10.0. The van der Waals surface area contributed by atoms with Crippen LogP contribution in [0.25, 0.3) is 0 Å². The van der Waals surface area contributed by atoms with Gasteiger partial charge >= 0.3 is 0 Å². The number of benzene rings is 1. The third-order valence-electron chi connectivity index (χ3n) is 3.63. The molecule has 1 fully saturated rings. The van der Waals surface area contributed by atoms with Gasteiger partial charge in [-0.05, 0) is 30.5 Å². The Kier molecular flexibility index (Phi) is 4.02. The first kappa shape index (κ1) is 13.1. The van der Waals surface area contributed by atoms with Crippen molar-refractivity contribution in [3.63, 3.8) is 0 Å². The number of nitrogens with zero attached hydrogens (tertiary/aromatic N) is 1. The van der Waals surface area contributed by atoms with E-state index in [9.17, 15) is 4.79 Å². The molecular formula is C15H22N2O. The maximum Gasteiger partial charge on any atom is 0.254 e. The lowest BCUT2D eigenvalue weighted by Gasteiger charge is -2.37. The van der Waals surface area contributed by atoms with Crippen LogP contribution in [0.4, 0.5) is 0 Å².